The van der Waals surface area contributed by atoms with Gasteiger partial charge in [-0.3, -0.25) is 0 Å². The van der Waals surface area contributed by atoms with E-state index >= 15 is 0 Å². The van der Waals surface area contributed by atoms with E-state index in [1.807, 2.05) is 0 Å². The number of hydrogen-bond acceptors (Lipinski definition) is 3. The summed E-state index contributed by atoms with van der Waals surface area (Å²) in [5.41, 5.74) is -0.0857. The molecule has 1 aromatic carbocycles. The van der Waals surface area contributed by atoms with Crippen LogP contribution in [-0.2, 0) is 16.4 Å². The summed E-state index contributed by atoms with van der Waals surface area (Å²) in [6.45, 7) is 3.05. The lowest BCUT2D eigenvalue weighted by Crippen LogP contribution is -2.38. The summed E-state index contributed by atoms with van der Waals surface area (Å²) in [5, 5.41) is 9.50. The van der Waals surface area contributed by atoms with Crippen LogP contribution in [0.15, 0.2) is 29.2 Å². The van der Waals surface area contributed by atoms with Gasteiger partial charge >= 0.3 is 0 Å². The van der Waals surface area contributed by atoms with Gasteiger partial charge in [0.2, 0.25) is 10.0 Å². The molecule has 0 aliphatic heterocycles. The fourth-order valence-corrected chi connectivity index (χ4v) is 2.72. The number of aryl methyl sites for hydroxylation is 1. The largest absolute Gasteiger partial charge is 0.389 e. The van der Waals surface area contributed by atoms with Gasteiger partial charge in [0.05, 0.1) is 10.5 Å². The molecule has 1 aromatic rings. The molecule has 0 saturated carbocycles. The Labute approximate surface area is 113 Å². The van der Waals surface area contributed by atoms with Crippen LogP contribution in [0.5, 0.6) is 0 Å². The lowest BCUT2D eigenvalue weighted by atomic mass is 10.1. The Kier molecular flexibility index (Phi) is 5.16. The zero-order chi connectivity index (χ0) is 13.8. The van der Waals surface area contributed by atoms with E-state index in [2.05, 4.69) is 4.72 Å². The van der Waals surface area contributed by atoms with Crippen molar-refractivity contribution in [3.8, 4) is 0 Å². The van der Waals surface area contributed by atoms with Crippen molar-refractivity contribution in [2.75, 3.05) is 12.4 Å². The highest BCUT2D eigenvalue weighted by Gasteiger charge is 2.19. The quantitative estimate of drug-likeness (QED) is 0.781. The van der Waals surface area contributed by atoms with Crippen molar-refractivity contribution in [1.29, 1.82) is 0 Å². The smallest absolute Gasteiger partial charge is 0.240 e. The van der Waals surface area contributed by atoms with Gasteiger partial charge < -0.3 is 5.11 Å². The van der Waals surface area contributed by atoms with Crippen molar-refractivity contribution in [3.63, 3.8) is 0 Å². The molecule has 0 saturated heterocycles. The summed E-state index contributed by atoms with van der Waals surface area (Å²) >= 11 is 5.61. The van der Waals surface area contributed by atoms with Gasteiger partial charge in [-0.25, -0.2) is 13.1 Å². The number of benzene rings is 1. The van der Waals surface area contributed by atoms with Crippen LogP contribution in [0.1, 0.15) is 19.4 Å². The van der Waals surface area contributed by atoms with Crippen LogP contribution in [0.3, 0.4) is 0 Å². The second-order valence-electron chi connectivity index (χ2n) is 4.72. The summed E-state index contributed by atoms with van der Waals surface area (Å²) in [7, 11) is -3.57. The van der Waals surface area contributed by atoms with Gasteiger partial charge in [0.1, 0.15) is 0 Å². The Hall–Kier alpha value is -0.620. The molecule has 0 aromatic heterocycles. The predicted octanol–water partition coefficient (Wildman–Crippen LogP) is 1.52. The molecule has 0 aliphatic carbocycles. The Morgan fingerprint density at radius 1 is 1.28 bits per heavy atom. The molecule has 1 rings (SSSR count). The molecule has 0 fully saturated rings. The molecule has 0 bridgehead atoms. The van der Waals surface area contributed by atoms with E-state index < -0.39 is 15.6 Å². The molecule has 4 nitrogen and oxygen atoms in total. The monoisotopic (exact) mass is 291 g/mol. The Balaban J connectivity index is 2.79. The molecule has 0 amide bonds. The van der Waals surface area contributed by atoms with Crippen molar-refractivity contribution in [3.05, 3.63) is 29.8 Å². The molecule has 18 heavy (non-hydrogen) atoms. The van der Waals surface area contributed by atoms with Crippen molar-refractivity contribution in [2.24, 2.45) is 0 Å². The minimum absolute atomic E-state index is 0.0290. The lowest BCUT2D eigenvalue weighted by Gasteiger charge is -2.17. The highest BCUT2D eigenvalue weighted by molar-refractivity contribution is 7.89. The third-order valence-corrected chi connectivity index (χ3v) is 3.92. The normalized spacial score (nSPS) is 12.7. The molecule has 6 heteroatoms. The Bertz CT molecular complexity index is 477. The van der Waals surface area contributed by atoms with Crippen LogP contribution in [0.4, 0.5) is 0 Å². The number of alkyl halides is 1. The summed E-state index contributed by atoms with van der Waals surface area (Å²) in [6.07, 6.45) is 0.707. The molecule has 0 atom stereocenters. The van der Waals surface area contributed by atoms with E-state index in [1.165, 1.54) is 12.1 Å². The standard InChI is InChI=1S/C12H18ClNO3S/c1-12(2,15)9-14-18(16,17)11-5-3-10(4-6-11)7-8-13/h3-6,14-15H,7-9H2,1-2H3. The molecule has 0 aliphatic rings. The summed E-state index contributed by atoms with van der Waals surface area (Å²) < 4.78 is 26.2. The van der Waals surface area contributed by atoms with Gasteiger partial charge in [-0.1, -0.05) is 12.1 Å². The van der Waals surface area contributed by atoms with E-state index in [4.69, 9.17) is 11.6 Å². The molecule has 0 radical (unpaired) electrons. The second kappa shape index (κ2) is 6.02. The summed E-state index contributed by atoms with van der Waals surface area (Å²) in [6, 6.07) is 6.55. The van der Waals surface area contributed by atoms with Gasteiger partial charge in [0, 0.05) is 12.4 Å². The SMILES string of the molecule is CC(C)(O)CNS(=O)(=O)c1ccc(CCCl)cc1. The minimum Gasteiger partial charge on any atom is -0.389 e. The van der Waals surface area contributed by atoms with E-state index in [-0.39, 0.29) is 11.4 Å². The Morgan fingerprint density at radius 2 is 1.83 bits per heavy atom. The molecule has 2 N–H and O–H groups in total. The molecule has 0 heterocycles. The first-order valence-corrected chi connectivity index (χ1v) is 7.63. The first-order chi connectivity index (χ1) is 8.24. The maximum Gasteiger partial charge on any atom is 0.240 e. The fourth-order valence-electron chi connectivity index (χ4n) is 1.30. The van der Waals surface area contributed by atoms with E-state index in [1.54, 1.807) is 26.0 Å². The third kappa shape index (κ3) is 4.94. The summed E-state index contributed by atoms with van der Waals surface area (Å²) in [5.74, 6) is 0.503. The number of hydrogen-bond donors (Lipinski definition) is 2. The minimum atomic E-state index is -3.57. The first-order valence-electron chi connectivity index (χ1n) is 5.61. The third-order valence-electron chi connectivity index (χ3n) is 2.31. The number of nitrogens with one attached hydrogen (secondary N) is 1. The van der Waals surface area contributed by atoms with Crippen molar-refractivity contribution in [1.82, 2.24) is 4.72 Å². The highest BCUT2D eigenvalue weighted by atomic mass is 35.5. The van der Waals surface area contributed by atoms with E-state index in [0.29, 0.717) is 12.3 Å². The molecule has 0 unspecified atom stereocenters. The molecular formula is C12H18ClNO3S. The van der Waals surface area contributed by atoms with Crippen LogP contribution in [-0.4, -0.2) is 31.6 Å². The Morgan fingerprint density at radius 3 is 2.28 bits per heavy atom. The molecule has 102 valence electrons. The van der Waals surface area contributed by atoms with Gasteiger partial charge in [0.15, 0.2) is 0 Å². The van der Waals surface area contributed by atoms with Gasteiger partial charge in [-0.05, 0) is 38.0 Å². The van der Waals surface area contributed by atoms with Crippen LogP contribution >= 0.6 is 11.6 Å². The number of aliphatic hydroxyl groups is 1. The average Bonchev–Trinajstić information content (AvgIpc) is 2.27. The zero-order valence-electron chi connectivity index (χ0n) is 10.5. The maximum absolute atomic E-state index is 11.9. The number of sulfonamides is 1. The molecular weight excluding hydrogens is 274 g/mol. The van der Waals surface area contributed by atoms with Crippen molar-refractivity contribution >= 4 is 21.6 Å². The number of halogens is 1. The van der Waals surface area contributed by atoms with Crippen LogP contribution < -0.4 is 4.72 Å². The van der Waals surface area contributed by atoms with Crippen LogP contribution in [0.25, 0.3) is 0 Å². The van der Waals surface area contributed by atoms with E-state index in [9.17, 15) is 13.5 Å². The van der Waals surface area contributed by atoms with Gasteiger partial charge in [-0.2, -0.15) is 0 Å². The van der Waals surface area contributed by atoms with Crippen molar-refractivity contribution < 1.29 is 13.5 Å². The van der Waals surface area contributed by atoms with Crippen molar-refractivity contribution in [2.45, 2.75) is 30.8 Å². The maximum atomic E-state index is 11.9. The highest BCUT2D eigenvalue weighted by Crippen LogP contribution is 2.12. The molecule has 0 spiro atoms. The van der Waals surface area contributed by atoms with Crippen LogP contribution in [0.2, 0.25) is 0 Å². The zero-order valence-corrected chi connectivity index (χ0v) is 12.1. The van der Waals surface area contributed by atoms with Crippen LogP contribution in [0, 0.1) is 0 Å². The first kappa shape index (κ1) is 15.4. The fraction of sp³-hybridized carbons (Fsp3) is 0.500. The summed E-state index contributed by atoms with van der Waals surface area (Å²) in [4.78, 5) is 0.185. The van der Waals surface area contributed by atoms with E-state index in [0.717, 1.165) is 5.56 Å². The van der Waals surface area contributed by atoms with Gasteiger partial charge in [-0.15, -0.1) is 11.6 Å². The van der Waals surface area contributed by atoms with Gasteiger partial charge in [0.25, 0.3) is 0 Å². The average molecular weight is 292 g/mol. The predicted molar refractivity (Wildman–Crippen MR) is 72.4 cm³/mol. The topological polar surface area (TPSA) is 66.4 Å². The second-order valence-corrected chi connectivity index (χ2v) is 6.86. The number of rotatable bonds is 6. The lowest BCUT2D eigenvalue weighted by molar-refractivity contribution is 0.0857.